The van der Waals surface area contributed by atoms with Gasteiger partial charge in [0.1, 0.15) is 17.6 Å². The Morgan fingerprint density at radius 2 is 1.91 bits per heavy atom. The highest BCUT2D eigenvalue weighted by atomic mass is 16.5. The van der Waals surface area contributed by atoms with Gasteiger partial charge in [-0.3, -0.25) is 10.2 Å². The van der Waals surface area contributed by atoms with Gasteiger partial charge in [0.2, 0.25) is 5.90 Å². The van der Waals surface area contributed by atoms with Gasteiger partial charge >= 0.3 is 0 Å². The van der Waals surface area contributed by atoms with E-state index in [0.29, 0.717) is 37.6 Å². The van der Waals surface area contributed by atoms with Crippen LogP contribution in [0.25, 0.3) is 0 Å². The number of ether oxygens (including phenoxy) is 3. The Balaban J connectivity index is 1.62. The highest BCUT2D eigenvalue weighted by Crippen LogP contribution is 2.32. The minimum atomic E-state index is -1.11. The molecule has 0 saturated carbocycles. The predicted octanol–water partition coefficient (Wildman–Crippen LogP) is 2.80. The van der Waals surface area contributed by atoms with Crippen molar-refractivity contribution in [1.29, 1.82) is 0 Å². The first-order valence-corrected chi connectivity index (χ1v) is 11.4. The highest BCUT2D eigenvalue weighted by molar-refractivity contribution is 6.00. The number of amides is 1. The van der Waals surface area contributed by atoms with Gasteiger partial charge in [0.15, 0.2) is 5.54 Å². The molecule has 182 valence electrons. The molecule has 34 heavy (non-hydrogen) atoms. The van der Waals surface area contributed by atoms with E-state index in [1.165, 1.54) is 0 Å². The molecule has 1 aliphatic rings. The third-order valence-corrected chi connectivity index (χ3v) is 5.68. The maximum Gasteiger partial charge on any atom is 0.266 e. The Kier molecular flexibility index (Phi) is 9.07. The number of hydrazine groups is 1. The van der Waals surface area contributed by atoms with E-state index < -0.39 is 11.6 Å². The zero-order valence-corrected chi connectivity index (χ0v) is 19.8. The zero-order valence-electron chi connectivity index (χ0n) is 19.8. The second-order valence-electron chi connectivity index (χ2n) is 8.02. The molecule has 0 radical (unpaired) electrons. The number of carbonyl (C=O) groups is 1. The summed E-state index contributed by atoms with van der Waals surface area (Å²) in [6, 6.07) is 15.1. The SMILES string of the molecule is C=CC[C@]1(C(=O)NNCCc2ccc(OC)cc2)N=C(c2ccc(OCCCO)cc2)O[C@H]1C. The monoisotopic (exact) mass is 467 g/mol. The largest absolute Gasteiger partial charge is 0.497 e. The zero-order chi connectivity index (χ0) is 24.4. The van der Waals surface area contributed by atoms with Crippen LogP contribution in [-0.2, 0) is 16.0 Å². The van der Waals surface area contributed by atoms with Crippen LogP contribution in [0.2, 0.25) is 0 Å². The summed E-state index contributed by atoms with van der Waals surface area (Å²) >= 11 is 0. The maximum atomic E-state index is 13.2. The van der Waals surface area contributed by atoms with E-state index in [9.17, 15) is 4.79 Å². The van der Waals surface area contributed by atoms with E-state index >= 15 is 0 Å². The first kappa shape index (κ1) is 25.3. The number of methoxy groups -OCH3 is 1. The summed E-state index contributed by atoms with van der Waals surface area (Å²) in [5.41, 5.74) is 6.58. The molecule has 0 aromatic heterocycles. The lowest BCUT2D eigenvalue weighted by Crippen LogP contribution is -2.54. The molecule has 2 aromatic carbocycles. The van der Waals surface area contributed by atoms with Crippen molar-refractivity contribution in [1.82, 2.24) is 10.9 Å². The molecule has 0 aliphatic carbocycles. The van der Waals surface area contributed by atoms with Gasteiger partial charge in [0.05, 0.1) is 13.7 Å². The summed E-state index contributed by atoms with van der Waals surface area (Å²) in [4.78, 5) is 17.9. The van der Waals surface area contributed by atoms with Crippen LogP contribution < -0.4 is 20.3 Å². The third-order valence-electron chi connectivity index (χ3n) is 5.68. The van der Waals surface area contributed by atoms with Gasteiger partial charge in [-0.05, 0) is 55.3 Å². The van der Waals surface area contributed by atoms with Crippen molar-refractivity contribution in [2.24, 2.45) is 4.99 Å². The van der Waals surface area contributed by atoms with E-state index in [2.05, 4.69) is 17.4 Å². The predicted molar refractivity (Wildman–Crippen MR) is 131 cm³/mol. The summed E-state index contributed by atoms with van der Waals surface area (Å²) in [6.45, 7) is 6.74. The van der Waals surface area contributed by atoms with Crippen molar-refractivity contribution in [3.63, 3.8) is 0 Å². The van der Waals surface area contributed by atoms with Crippen LogP contribution in [0.5, 0.6) is 11.5 Å². The first-order valence-electron chi connectivity index (χ1n) is 11.4. The number of hydrogen-bond donors (Lipinski definition) is 3. The maximum absolute atomic E-state index is 13.2. The molecule has 0 bridgehead atoms. The van der Waals surface area contributed by atoms with Crippen molar-refractivity contribution in [2.75, 3.05) is 26.9 Å². The van der Waals surface area contributed by atoms with E-state index in [-0.39, 0.29) is 12.5 Å². The molecule has 2 atom stereocenters. The van der Waals surface area contributed by atoms with Gasteiger partial charge in [-0.1, -0.05) is 18.2 Å². The summed E-state index contributed by atoms with van der Waals surface area (Å²) in [7, 11) is 1.64. The average Bonchev–Trinajstić information content (AvgIpc) is 3.20. The Morgan fingerprint density at radius 3 is 2.56 bits per heavy atom. The number of aliphatic hydroxyl groups excluding tert-OH is 1. The number of benzene rings is 2. The molecular formula is C26H33N3O5. The van der Waals surface area contributed by atoms with Gasteiger partial charge in [-0.15, -0.1) is 6.58 Å². The lowest BCUT2D eigenvalue weighted by Gasteiger charge is -2.26. The summed E-state index contributed by atoms with van der Waals surface area (Å²) in [5.74, 6) is 1.64. The van der Waals surface area contributed by atoms with Crippen molar-refractivity contribution in [3.05, 3.63) is 72.3 Å². The summed E-state index contributed by atoms with van der Waals surface area (Å²) in [5, 5.41) is 8.87. The quantitative estimate of drug-likeness (QED) is 0.238. The number of carbonyl (C=O) groups excluding carboxylic acids is 1. The van der Waals surface area contributed by atoms with Gasteiger partial charge in [-0.2, -0.15) is 0 Å². The van der Waals surface area contributed by atoms with E-state index in [4.69, 9.17) is 24.3 Å². The van der Waals surface area contributed by atoms with Crippen LogP contribution in [0.15, 0.2) is 66.2 Å². The Labute approximate surface area is 200 Å². The fourth-order valence-corrected chi connectivity index (χ4v) is 3.65. The van der Waals surface area contributed by atoms with E-state index in [1.54, 1.807) is 13.2 Å². The fraction of sp³-hybridized carbons (Fsp3) is 0.385. The third kappa shape index (κ3) is 6.15. The molecule has 3 rings (SSSR count). The van der Waals surface area contributed by atoms with Gasteiger partial charge < -0.3 is 19.3 Å². The van der Waals surface area contributed by atoms with Crippen molar-refractivity contribution < 1.29 is 24.1 Å². The van der Waals surface area contributed by atoms with Crippen molar-refractivity contribution >= 4 is 11.8 Å². The number of rotatable bonds is 13. The first-order chi connectivity index (χ1) is 16.5. The highest BCUT2D eigenvalue weighted by Gasteiger charge is 2.49. The number of nitrogens with one attached hydrogen (secondary N) is 2. The Morgan fingerprint density at radius 1 is 1.21 bits per heavy atom. The molecule has 2 aromatic rings. The molecule has 1 amide bonds. The number of nitrogens with zero attached hydrogens (tertiary/aromatic N) is 1. The normalized spacial score (nSPS) is 19.1. The van der Waals surface area contributed by atoms with Crippen molar-refractivity contribution in [2.45, 2.75) is 37.8 Å². The van der Waals surface area contributed by atoms with Crippen molar-refractivity contribution in [3.8, 4) is 11.5 Å². The molecule has 0 saturated heterocycles. The van der Waals surface area contributed by atoms with E-state index in [0.717, 1.165) is 23.3 Å². The van der Waals surface area contributed by atoms with Crippen LogP contribution in [0.1, 0.15) is 30.9 Å². The second kappa shape index (κ2) is 12.2. The van der Waals surface area contributed by atoms with Gasteiger partial charge in [0.25, 0.3) is 5.91 Å². The van der Waals surface area contributed by atoms with Gasteiger partial charge in [-0.25, -0.2) is 10.4 Å². The number of aliphatic hydroxyl groups is 1. The number of aliphatic imine (C=N–C) groups is 1. The minimum absolute atomic E-state index is 0.0877. The van der Waals surface area contributed by atoms with E-state index in [1.807, 2.05) is 55.5 Å². The molecule has 1 heterocycles. The van der Waals surface area contributed by atoms with Crippen LogP contribution in [-0.4, -0.2) is 55.4 Å². The summed E-state index contributed by atoms with van der Waals surface area (Å²) in [6.07, 6.45) is 2.87. The molecule has 0 spiro atoms. The van der Waals surface area contributed by atoms with Crippen LogP contribution in [0, 0.1) is 0 Å². The minimum Gasteiger partial charge on any atom is -0.497 e. The van der Waals surface area contributed by atoms with Crippen LogP contribution in [0.4, 0.5) is 0 Å². The lowest BCUT2D eigenvalue weighted by atomic mass is 9.90. The van der Waals surface area contributed by atoms with Gasteiger partial charge in [0, 0.05) is 31.6 Å². The van der Waals surface area contributed by atoms with Crippen LogP contribution in [0.3, 0.4) is 0 Å². The Bertz CT molecular complexity index is 975. The average molecular weight is 468 g/mol. The smallest absolute Gasteiger partial charge is 0.266 e. The molecule has 3 N–H and O–H groups in total. The molecule has 0 unspecified atom stereocenters. The topological polar surface area (TPSA) is 101 Å². The Hall–Kier alpha value is -3.36. The molecule has 0 fully saturated rings. The molecule has 1 aliphatic heterocycles. The molecular weight excluding hydrogens is 434 g/mol. The standard InChI is InChI=1S/C26H33N3O5/c1-4-15-26(25(31)29-27-16-14-20-6-10-22(32-3)11-7-20)19(2)34-24(28-26)21-8-12-23(13-9-21)33-18-5-17-30/h4,6-13,19,27,30H,1,5,14-18H2,2-3H3,(H,29,31)/t19-,26-/m0/s1. The molecule has 8 heteroatoms. The fourth-order valence-electron chi connectivity index (χ4n) is 3.65. The number of hydrogen-bond acceptors (Lipinski definition) is 7. The summed E-state index contributed by atoms with van der Waals surface area (Å²) < 4.78 is 16.7. The molecule has 8 nitrogen and oxygen atoms in total. The van der Waals surface area contributed by atoms with Crippen LogP contribution >= 0.6 is 0 Å². The second-order valence-corrected chi connectivity index (χ2v) is 8.02. The lowest BCUT2D eigenvalue weighted by molar-refractivity contribution is -0.129.